The van der Waals surface area contributed by atoms with Crippen molar-refractivity contribution in [3.63, 3.8) is 0 Å². The number of carbonyl (C=O) groups excluding carboxylic acids is 2. The fourth-order valence-electron chi connectivity index (χ4n) is 5.21. The lowest BCUT2D eigenvalue weighted by molar-refractivity contribution is -0.148. The summed E-state index contributed by atoms with van der Waals surface area (Å²) < 4.78 is 5.65. The Labute approximate surface area is 210 Å². The lowest BCUT2D eigenvalue weighted by Crippen LogP contribution is -2.53. The van der Waals surface area contributed by atoms with E-state index in [-0.39, 0.29) is 24.3 Å². The number of likely N-dealkylation sites (tertiary alicyclic amines) is 1. The van der Waals surface area contributed by atoms with E-state index in [4.69, 9.17) is 4.74 Å². The fraction of sp³-hybridized carbons (Fsp3) is 0.444. The Morgan fingerprint density at radius 1 is 1.11 bits per heavy atom. The Morgan fingerprint density at radius 2 is 1.74 bits per heavy atom. The zero-order valence-electron chi connectivity index (χ0n) is 20.1. The SMILES string of the molecule is CSCC[C@@H](NC(=O)OCC1c2ccccc2-c2ccccc21)C(=O)N1CCC(C(=O)O)C(C)C1. The number of nitrogens with zero attached hydrogens (tertiary/aromatic N) is 1. The Morgan fingerprint density at radius 3 is 2.31 bits per heavy atom. The number of hydrogen-bond acceptors (Lipinski definition) is 5. The topological polar surface area (TPSA) is 95.9 Å². The summed E-state index contributed by atoms with van der Waals surface area (Å²) in [6.45, 7) is 2.79. The van der Waals surface area contributed by atoms with Gasteiger partial charge in [0.15, 0.2) is 0 Å². The smallest absolute Gasteiger partial charge is 0.407 e. The highest BCUT2D eigenvalue weighted by Crippen LogP contribution is 2.44. The molecule has 0 saturated carbocycles. The third-order valence-electron chi connectivity index (χ3n) is 7.08. The van der Waals surface area contributed by atoms with Gasteiger partial charge in [-0.25, -0.2) is 4.79 Å². The number of carboxylic acid groups (broad SMARTS) is 1. The molecular formula is C27H32N2O5S. The van der Waals surface area contributed by atoms with E-state index in [0.29, 0.717) is 31.7 Å². The van der Waals surface area contributed by atoms with Crippen molar-refractivity contribution in [1.82, 2.24) is 10.2 Å². The molecule has 1 heterocycles. The predicted octanol–water partition coefficient (Wildman–Crippen LogP) is 4.22. The Bertz CT molecular complexity index is 1050. The normalized spacial score (nSPS) is 20.0. The number of nitrogens with one attached hydrogen (secondary N) is 1. The van der Waals surface area contributed by atoms with Crippen LogP contribution in [-0.4, -0.2) is 65.7 Å². The first-order chi connectivity index (χ1) is 16.9. The van der Waals surface area contributed by atoms with Crippen LogP contribution in [0.2, 0.25) is 0 Å². The van der Waals surface area contributed by atoms with E-state index in [1.807, 2.05) is 37.4 Å². The number of fused-ring (bicyclic) bond motifs is 3. The number of rotatable bonds is 8. The molecule has 1 aliphatic carbocycles. The van der Waals surface area contributed by atoms with Crippen molar-refractivity contribution in [2.45, 2.75) is 31.7 Å². The van der Waals surface area contributed by atoms with Gasteiger partial charge >= 0.3 is 12.1 Å². The summed E-state index contributed by atoms with van der Waals surface area (Å²) in [5.74, 6) is -0.922. The van der Waals surface area contributed by atoms with E-state index in [1.165, 1.54) is 0 Å². The van der Waals surface area contributed by atoms with Gasteiger partial charge in [-0.2, -0.15) is 11.8 Å². The van der Waals surface area contributed by atoms with E-state index in [1.54, 1.807) is 16.7 Å². The molecule has 2 aromatic carbocycles. The summed E-state index contributed by atoms with van der Waals surface area (Å²) in [4.78, 5) is 39.1. The van der Waals surface area contributed by atoms with Crippen LogP contribution in [0.15, 0.2) is 48.5 Å². The summed E-state index contributed by atoms with van der Waals surface area (Å²) >= 11 is 1.60. The average Bonchev–Trinajstić information content (AvgIpc) is 3.18. The van der Waals surface area contributed by atoms with Crippen LogP contribution in [-0.2, 0) is 14.3 Å². The van der Waals surface area contributed by atoms with Crippen molar-refractivity contribution >= 4 is 29.7 Å². The van der Waals surface area contributed by atoms with Crippen LogP contribution in [0.1, 0.15) is 36.8 Å². The predicted molar refractivity (Wildman–Crippen MR) is 136 cm³/mol. The Balaban J connectivity index is 1.40. The van der Waals surface area contributed by atoms with E-state index >= 15 is 0 Å². The number of thioether (sulfide) groups is 1. The van der Waals surface area contributed by atoms with Crippen molar-refractivity contribution in [1.29, 1.82) is 0 Å². The number of benzene rings is 2. The third-order valence-corrected chi connectivity index (χ3v) is 7.72. The number of ether oxygens (including phenoxy) is 1. The molecule has 186 valence electrons. The molecule has 4 rings (SSSR count). The minimum absolute atomic E-state index is 0.0515. The maximum atomic E-state index is 13.2. The van der Waals surface area contributed by atoms with Crippen molar-refractivity contribution < 1.29 is 24.2 Å². The fourth-order valence-corrected chi connectivity index (χ4v) is 5.68. The molecule has 0 bridgehead atoms. The van der Waals surface area contributed by atoms with Gasteiger partial charge in [-0.3, -0.25) is 9.59 Å². The van der Waals surface area contributed by atoms with Gasteiger partial charge in [-0.15, -0.1) is 0 Å². The first kappa shape index (κ1) is 25.1. The number of carbonyl (C=O) groups is 3. The summed E-state index contributed by atoms with van der Waals surface area (Å²) in [6.07, 6.45) is 2.24. The zero-order valence-corrected chi connectivity index (χ0v) is 20.9. The first-order valence-corrected chi connectivity index (χ1v) is 13.4. The molecule has 1 saturated heterocycles. The number of carboxylic acids is 1. The zero-order chi connectivity index (χ0) is 24.9. The summed E-state index contributed by atoms with van der Waals surface area (Å²) in [7, 11) is 0. The van der Waals surface area contributed by atoms with Crippen LogP contribution < -0.4 is 5.32 Å². The molecule has 35 heavy (non-hydrogen) atoms. The lowest BCUT2D eigenvalue weighted by Gasteiger charge is -2.36. The number of aliphatic carboxylic acids is 1. The monoisotopic (exact) mass is 496 g/mol. The first-order valence-electron chi connectivity index (χ1n) is 12.0. The molecule has 0 spiro atoms. The molecule has 2 aromatic rings. The van der Waals surface area contributed by atoms with E-state index in [2.05, 4.69) is 29.6 Å². The maximum Gasteiger partial charge on any atom is 0.407 e. The van der Waals surface area contributed by atoms with Crippen LogP contribution in [0, 0.1) is 11.8 Å². The molecule has 1 fully saturated rings. The van der Waals surface area contributed by atoms with E-state index in [0.717, 1.165) is 22.3 Å². The second kappa shape index (κ2) is 11.2. The van der Waals surface area contributed by atoms with E-state index < -0.39 is 24.0 Å². The van der Waals surface area contributed by atoms with Crippen molar-refractivity contribution in [2.24, 2.45) is 11.8 Å². The lowest BCUT2D eigenvalue weighted by atomic mass is 9.86. The largest absolute Gasteiger partial charge is 0.481 e. The number of hydrogen-bond donors (Lipinski definition) is 2. The van der Waals surface area contributed by atoms with Crippen LogP contribution in [0.5, 0.6) is 0 Å². The molecule has 2 aliphatic rings. The van der Waals surface area contributed by atoms with Gasteiger partial charge in [0.25, 0.3) is 0 Å². The molecule has 1 aliphatic heterocycles. The molecule has 0 aromatic heterocycles. The Kier molecular flexibility index (Phi) is 8.00. The highest BCUT2D eigenvalue weighted by molar-refractivity contribution is 7.98. The molecule has 7 nitrogen and oxygen atoms in total. The molecule has 2 amide bonds. The quantitative estimate of drug-likeness (QED) is 0.568. The van der Waals surface area contributed by atoms with Crippen molar-refractivity contribution in [2.75, 3.05) is 31.7 Å². The molecular weight excluding hydrogens is 464 g/mol. The van der Waals surface area contributed by atoms with Gasteiger partial charge in [0, 0.05) is 19.0 Å². The van der Waals surface area contributed by atoms with Gasteiger partial charge in [0.1, 0.15) is 12.6 Å². The second-order valence-electron chi connectivity index (χ2n) is 9.30. The van der Waals surface area contributed by atoms with Gasteiger partial charge in [0.2, 0.25) is 5.91 Å². The van der Waals surface area contributed by atoms with Gasteiger partial charge in [-0.05, 0) is 53.0 Å². The highest BCUT2D eigenvalue weighted by Gasteiger charge is 2.36. The van der Waals surface area contributed by atoms with Crippen molar-refractivity contribution in [3.05, 3.63) is 59.7 Å². The summed E-state index contributed by atoms with van der Waals surface area (Å²) in [5.41, 5.74) is 4.58. The van der Waals surface area contributed by atoms with Crippen LogP contribution in [0.3, 0.4) is 0 Å². The van der Waals surface area contributed by atoms with Gasteiger partial charge < -0.3 is 20.1 Å². The van der Waals surface area contributed by atoms with Crippen LogP contribution in [0.25, 0.3) is 11.1 Å². The van der Waals surface area contributed by atoms with Crippen LogP contribution >= 0.6 is 11.8 Å². The molecule has 0 radical (unpaired) electrons. The van der Waals surface area contributed by atoms with E-state index in [9.17, 15) is 19.5 Å². The maximum absolute atomic E-state index is 13.2. The third kappa shape index (κ3) is 5.48. The Hall–Kier alpha value is -3.00. The van der Waals surface area contributed by atoms with Crippen LogP contribution in [0.4, 0.5) is 4.79 Å². The van der Waals surface area contributed by atoms with Gasteiger partial charge in [0.05, 0.1) is 5.92 Å². The number of piperidine rings is 1. The molecule has 2 unspecified atom stereocenters. The summed E-state index contributed by atoms with van der Waals surface area (Å²) in [5, 5.41) is 12.2. The molecule has 8 heteroatoms. The standard InChI is InChI=1S/C27H32N2O5S/c1-17-15-29(13-11-18(17)26(31)32)25(30)24(12-14-35-2)28-27(33)34-16-23-21-9-5-3-7-19(21)20-8-4-6-10-22(20)23/h3-10,17-18,23-24H,11-16H2,1-2H3,(H,28,33)(H,31,32)/t17?,18?,24-/m1/s1. The average molecular weight is 497 g/mol. The second-order valence-corrected chi connectivity index (χ2v) is 10.3. The minimum Gasteiger partial charge on any atom is -0.481 e. The highest BCUT2D eigenvalue weighted by atomic mass is 32.2. The van der Waals surface area contributed by atoms with Crippen molar-refractivity contribution in [3.8, 4) is 11.1 Å². The summed E-state index contributed by atoms with van der Waals surface area (Å²) in [6, 6.07) is 15.6. The number of amides is 2. The molecule has 3 atom stereocenters. The van der Waals surface area contributed by atoms with Gasteiger partial charge in [-0.1, -0.05) is 55.5 Å². The minimum atomic E-state index is -0.819. The molecule has 2 N–H and O–H groups in total. The number of alkyl carbamates (subject to hydrolysis) is 1.